The maximum Gasteiger partial charge on any atom is 0.274 e. The van der Waals surface area contributed by atoms with Gasteiger partial charge in [0.25, 0.3) is 5.91 Å². The molecule has 0 spiro atoms. The number of rotatable bonds is 3. The predicted molar refractivity (Wildman–Crippen MR) is 97.2 cm³/mol. The number of piperidine rings is 1. The van der Waals surface area contributed by atoms with Crippen LogP contribution in [0.5, 0.6) is 0 Å². The van der Waals surface area contributed by atoms with Crippen molar-refractivity contribution in [2.24, 2.45) is 0 Å². The molecule has 1 fully saturated rings. The lowest BCUT2D eigenvalue weighted by atomic mass is 9.93. The van der Waals surface area contributed by atoms with Crippen LogP contribution in [0.25, 0.3) is 5.52 Å². The van der Waals surface area contributed by atoms with E-state index in [4.69, 9.17) is 4.98 Å². The zero-order valence-electron chi connectivity index (χ0n) is 14.9. The summed E-state index contributed by atoms with van der Waals surface area (Å²) in [4.78, 5) is 29.3. The van der Waals surface area contributed by atoms with Crippen molar-refractivity contribution in [1.29, 1.82) is 0 Å². The van der Waals surface area contributed by atoms with Crippen LogP contribution in [-0.4, -0.2) is 62.6 Å². The lowest BCUT2D eigenvalue weighted by Crippen LogP contribution is -2.38. The summed E-state index contributed by atoms with van der Waals surface area (Å²) in [6, 6.07) is 1.97. The third kappa shape index (κ3) is 2.98. The minimum absolute atomic E-state index is 0.0546. The van der Waals surface area contributed by atoms with Crippen LogP contribution in [0.1, 0.15) is 34.9 Å². The van der Waals surface area contributed by atoms with E-state index in [0.717, 1.165) is 29.9 Å². The Morgan fingerprint density at radius 2 is 2.00 bits per heavy atom. The maximum atomic E-state index is 12.5. The van der Waals surface area contributed by atoms with E-state index in [-0.39, 0.29) is 5.91 Å². The van der Waals surface area contributed by atoms with E-state index in [1.807, 2.05) is 40.7 Å². The Morgan fingerprint density at radius 3 is 2.69 bits per heavy atom. The molecule has 0 bridgehead atoms. The second-order valence-corrected chi connectivity index (χ2v) is 6.70. The molecule has 0 aromatic carbocycles. The van der Waals surface area contributed by atoms with Gasteiger partial charge >= 0.3 is 0 Å². The van der Waals surface area contributed by atoms with Gasteiger partial charge in [0.2, 0.25) is 0 Å². The summed E-state index contributed by atoms with van der Waals surface area (Å²) >= 11 is 0. The van der Waals surface area contributed by atoms with E-state index in [1.165, 1.54) is 6.20 Å². The first kappa shape index (κ1) is 16.4. The van der Waals surface area contributed by atoms with Crippen molar-refractivity contribution >= 4 is 17.2 Å². The Hall–Kier alpha value is -3.03. The second-order valence-electron chi connectivity index (χ2n) is 6.70. The molecule has 8 heteroatoms. The van der Waals surface area contributed by atoms with Crippen molar-refractivity contribution in [3.8, 4) is 0 Å². The molecule has 8 nitrogen and oxygen atoms in total. The Balaban J connectivity index is 1.51. The van der Waals surface area contributed by atoms with E-state index in [9.17, 15) is 4.79 Å². The fraction of sp³-hybridized carbons (Fsp3) is 0.389. The molecule has 3 aromatic rings. The number of carbonyl (C=O) groups is 1. The summed E-state index contributed by atoms with van der Waals surface area (Å²) < 4.78 is 1.88. The summed E-state index contributed by atoms with van der Waals surface area (Å²) in [5.74, 6) is 1.17. The Bertz CT molecular complexity index is 914. The summed E-state index contributed by atoms with van der Waals surface area (Å²) in [6.45, 7) is 1.38. The average molecular weight is 351 g/mol. The van der Waals surface area contributed by atoms with E-state index >= 15 is 0 Å². The first-order chi connectivity index (χ1) is 12.6. The van der Waals surface area contributed by atoms with Gasteiger partial charge in [-0.1, -0.05) is 0 Å². The first-order valence-electron chi connectivity index (χ1n) is 8.70. The van der Waals surface area contributed by atoms with Gasteiger partial charge in [0.05, 0.1) is 24.3 Å². The van der Waals surface area contributed by atoms with Gasteiger partial charge in [0.15, 0.2) is 5.82 Å². The van der Waals surface area contributed by atoms with Crippen molar-refractivity contribution in [1.82, 2.24) is 29.5 Å². The standard InChI is InChI=1S/C18H21N7O/c1-23(2)17-16-3-6-21-25(16)12-15(22-17)13-4-9-24(10-5-13)18(26)14-11-19-7-8-20-14/h3,6-8,11-13H,4-5,9-10H2,1-2H3. The number of nitrogens with zero attached hydrogens (tertiary/aromatic N) is 7. The number of aromatic nitrogens is 5. The van der Waals surface area contributed by atoms with Crippen molar-refractivity contribution in [2.75, 3.05) is 32.1 Å². The number of fused-ring (bicyclic) bond motifs is 1. The lowest BCUT2D eigenvalue weighted by molar-refractivity contribution is 0.0705. The maximum absolute atomic E-state index is 12.5. The summed E-state index contributed by atoms with van der Waals surface area (Å²) in [6.07, 6.45) is 10.2. The fourth-order valence-corrected chi connectivity index (χ4v) is 3.40. The van der Waals surface area contributed by atoms with Crippen LogP contribution >= 0.6 is 0 Å². The normalized spacial score (nSPS) is 15.4. The molecule has 134 valence electrons. The first-order valence-corrected chi connectivity index (χ1v) is 8.70. The van der Waals surface area contributed by atoms with E-state index in [2.05, 4.69) is 15.1 Å². The predicted octanol–water partition coefficient (Wildman–Crippen LogP) is 1.61. The van der Waals surface area contributed by atoms with E-state index in [0.29, 0.717) is 24.7 Å². The third-order valence-electron chi connectivity index (χ3n) is 4.80. The number of likely N-dealkylation sites (tertiary alicyclic amines) is 1. The summed E-state index contributed by atoms with van der Waals surface area (Å²) in [5, 5.41) is 4.37. The average Bonchev–Trinajstić information content (AvgIpc) is 3.16. The SMILES string of the molecule is CN(C)c1nc(C2CCN(C(=O)c3cnccn3)CC2)cn2nccc12. The molecule has 3 aromatic heterocycles. The molecule has 0 saturated carbocycles. The number of amides is 1. The molecule has 4 heterocycles. The molecule has 4 rings (SSSR count). The zero-order chi connectivity index (χ0) is 18.1. The van der Waals surface area contributed by atoms with E-state index < -0.39 is 0 Å². The van der Waals surface area contributed by atoms with Crippen molar-refractivity contribution in [3.05, 3.63) is 48.4 Å². The number of hydrogen-bond acceptors (Lipinski definition) is 6. The second kappa shape index (κ2) is 6.70. The number of carbonyl (C=O) groups excluding carboxylic acids is 1. The smallest absolute Gasteiger partial charge is 0.274 e. The van der Waals surface area contributed by atoms with Gasteiger partial charge in [0.1, 0.15) is 11.2 Å². The van der Waals surface area contributed by atoms with Gasteiger partial charge in [-0.2, -0.15) is 5.10 Å². The van der Waals surface area contributed by atoms with Crippen molar-refractivity contribution < 1.29 is 4.79 Å². The van der Waals surface area contributed by atoms with Crippen LogP contribution in [0, 0.1) is 0 Å². The molecule has 0 radical (unpaired) electrons. The van der Waals surface area contributed by atoms with Crippen LogP contribution in [0.15, 0.2) is 37.1 Å². The molecule has 26 heavy (non-hydrogen) atoms. The number of anilines is 1. The topological polar surface area (TPSA) is 79.5 Å². The molecule has 0 N–H and O–H groups in total. The van der Waals surface area contributed by atoms with Crippen LogP contribution in [0.4, 0.5) is 5.82 Å². The van der Waals surface area contributed by atoms with E-state index in [1.54, 1.807) is 18.6 Å². The highest BCUT2D eigenvalue weighted by Crippen LogP contribution is 2.29. The highest BCUT2D eigenvalue weighted by atomic mass is 16.2. The summed E-state index contributed by atoms with van der Waals surface area (Å²) in [5.41, 5.74) is 2.42. The molecular formula is C18H21N7O. The minimum atomic E-state index is -0.0546. The molecule has 1 saturated heterocycles. The van der Waals surface area contributed by atoms with Gasteiger partial charge in [0, 0.05) is 45.5 Å². The van der Waals surface area contributed by atoms with Gasteiger partial charge in [-0.25, -0.2) is 14.5 Å². The van der Waals surface area contributed by atoms with Crippen molar-refractivity contribution in [2.45, 2.75) is 18.8 Å². The Morgan fingerprint density at radius 1 is 1.19 bits per heavy atom. The van der Waals surface area contributed by atoms with Crippen LogP contribution in [0.3, 0.4) is 0 Å². The minimum Gasteiger partial charge on any atom is -0.361 e. The number of hydrogen-bond donors (Lipinski definition) is 0. The van der Waals surface area contributed by atoms with Crippen LogP contribution in [0.2, 0.25) is 0 Å². The van der Waals surface area contributed by atoms with Gasteiger partial charge in [-0.15, -0.1) is 0 Å². The highest BCUT2D eigenvalue weighted by Gasteiger charge is 2.27. The molecule has 1 amide bonds. The van der Waals surface area contributed by atoms with Gasteiger partial charge < -0.3 is 9.80 Å². The highest BCUT2D eigenvalue weighted by molar-refractivity contribution is 5.92. The summed E-state index contributed by atoms with van der Waals surface area (Å²) in [7, 11) is 3.97. The van der Waals surface area contributed by atoms with Crippen LogP contribution < -0.4 is 4.90 Å². The Labute approximate surface area is 151 Å². The molecule has 1 aliphatic rings. The lowest BCUT2D eigenvalue weighted by Gasteiger charge is -2.31. The Kier molecular flexibility index (Phi) is 4.24. The van der Waals surface area contributed by atoms with Crippen LogP contribution in [-0.2, 0) is 0 Å². The van der Waals surface area contributed by atoms with Gasteiger partial charge in [-0.05, 0) is 18.9 Å². The molecular weight excluding hydrogens is 330 g/mol. The zero-order valence-corrected chi connectivity index (χ0v) is 14.9. The molecule has 1 aliphatic heterocycles. The molecule has 0 aliphatic carbocycles. The fourth-order valence-electron chi connectivity index (χ4n) is 3.40. The monoisotopic (exact) mass is 351 g/mol. The van der Waals surface area contributed by atoms with Gasteiger partial charge in [-0.3, -0.25) is 9.78 Å². The largest absolute Gasteiger partial charge is 0.361 e. The third-order valence-corrected chi connectivity index (χ3v) is 4.80. The molecule has 0 unspecified atom stereocenters. The quantitative estimate of drug-likeness (QED) is 0.713. The van der Waals surface area contributed by atoms with Crippen molar-refractivity contribution in [3.63, 3.8) is 0 Å². The molecule has 0 atom stereocenters.